The molecule has 2 heterocycles. The van der Waals surface area contributed by atoms with Crippen molar-refractivity contribution in [1.29, 1.82) is 0 Å². The first kappa shape index (κ1) is 18.5. The number of likely N-dealkylation sites (tertiary alicyclic amines) is 1. The summed E-state index contributed by atoms with van der Waals surface area (Å²) in [4.78, 5) is 4.80. The van der Waals surface area contributed by atoms with Crippen LogP contribution in [0.25, 0.3) is 0 Å². The van der Waals surface area contributed by atoms with Crippen molar-refractivity contribution in [3.63, 3.8) is 0 Å². The second kappa shape index (κ2) is 8.87. The number of β-amino-alcohol motifs (C(OH)–C–C–N with tert-alkyl or cyclic N) is 1. The van der Waals surface area contributed by atoms with Gasteiger partial charge in [0.15, 0.2) is 0 Å². The van der Waals surface area contributed by atoms with Crippen LogP contribution in [0.2, 0.25) is 0 Å². The van der Waals surface area contributed by atoms with Crippen molar-refractivity contribution in [3.8, 4) is 5.75 Å². The van der Waals surface area contributed by atoms with Crippen LogP contribution in [0, 0.1) is 0 Å². The third-order valence-corrected chi connectivity index (χ3v) is 5.68. The van der Waals surface area contributed by atoms with E-state index < -0.39 is 6.10 Å². The van der Waals surface area contributed by atoms with Gasteiger partial charge in [-0.25, -0.2) is 0 Å². The molecule has 2 aliphatic rings. The van der Waals surface area contributed by atoms with Crippen molar-refractivity contribution < 1.29 is 9.84 Å². The van der Waals surface area contributed by atoms with Crippen LogP contribution in [0.3, 0.4) is 0 Å². The van der Waals surface area contributed by atoms with Gasteiger partial charge < -0.3 is 9.84 Å². The highest BCUT2D eigenvalue weighted by molar-refractivity contribution is 5.33. The van der Waals surface area contributed by atoms with Crippen LogP contribution in [0.15, 0.2) is 48.5 Å². The molecule has 2 aliphatic heterocycles. The molecule has 0 amide bonds. The highest BCUT2D eigenvalue weighted by atomic mass is 16.5. The molecule has 0 unspecified atom stereocenters. The first-order chi connectivity index (χ1) is 13.3. The lowest BCUT2D eigenvalue weighted by atomic mass is 10.00. The smallest absolute Gasteiger partial charge is 0.123 e. The van der Waals surface area contributed by atoms with Crippen molar-refractivity contribution in [2.24, 2.45) is 0 Å². The molecule has 0 saturated carbocycles. The molecule has 4 nitrogen and oxygen atoms in total. The zero-order valence-corrected chi connectivity index (χ0v) is 16.0. The molecule has 0 spiro atoms. The Morgan fingerprint density at radius 1 is 0.889 bits per heavy atom. The zero-order valence-electron chi connectivity index (χ0n) is 16.0. The monoisotopic (exact) mass is 366 g/mol. The van der Waals surface area contributed by atoms with E-state index in [0.717, 1.165) is 31.8 Å². The molecule has 1 atom stereocenters. The third-order valence-electron chi connectivity index (χ3n) is 5.68. The Kier molecular flexibility index (Phi) is 6.07. The van der Waals surface area contributed by atoms with Crippen LogP contribution in [0.1, 0.15) is 29.5 Å². The van der Waals surface area contributed by atoms with Gasteiger partial charge in [-0.1, -0.05) is 42.5 Å². The van der Waals surface area contributed by atoms with Gasteiger partial charge in [0.25, 0.3) is 0 Å². The summed E-state index contributed by atoms with van der Waals surface area (Å²) in [7, 11) is 0. The second-order valence-electron chi connectivity index (χ2n) is 7.81. The van der Waals surface area contributed by atoms with Crippen molar-refractivity contribution >= 4 is 0 Å². The fraction of sp³-hybridized carbons (Fsp3) is 0.478. The molecule has 1 fully saturated rings. The molecule has 0 aliphatic carbocycles. The lowest BCUT2D eigenvalue weighted by molar-refractivity contribution is 0.0632. The Balaban J connectivity index is 1.29. The molecule has 2 aromatic rings. The Morgan fingerprint density at radius 3 is 2.48 bits per heavy atom. The molecule has 4 heteroatoms. The average molecular weight is 367 g/mol. The predicted octanol–water partition coefficient (Wildman–Crippen LogP) is 3.08. The second-order valence-corrected chi connectivity index (χ2v) is 7.81. The van der Waals surface area contributed by atoms with Gasteiger partial charge in [0.05, 0.1) is 0 Å². The molecule has 27 heavy (non-hydrogen) atoms. The van der Waals surface area contributed by atoms with Crippen LogP contribution in [-0.4, -0.2) is 53.8 Å². The minimum Gasteiger partial charge on any atom is -0.491 e. The van der Waals surface area contributed by atoms with Crippen LogP contribution in [0.4, 0.5) is 0 Å². The van der Waals surface area contributed by atoms with Crippen molar-refractivity contribution in [2.75, 3.05) is 32.8 Å². The van der Waals surface area contributed by atoms with Crippen molar-refractivity contribution in [2.45, 2.75) is 38.5 Å². The zero-order chi connectivity index (χ0) is 18.5. The number of ether oxygens (including phenoxy) is 1. The summed E-state index contributed by atoms with van der Waals surface area (Å²) in [6, 6.07) is 16.9. The number of fused-ring (bicyclic) bond motifs is 1. The van der Waals surface area contributed by atoms with Crippen LogP contribution in [-0.2, 0) is 19.5 Å². The number of benzene rings is 2. The number of hydrogen-bond donors (Lipinski definition) is 1. The van der Waals surface area contributed by atoms with E-state index in [2.05, 4.69) is 46.2 Å². The highest BCUT2D eigenvalue weighted by Crippen LogP contribution is 2.23. The molecule has 0 radical (unpaired) electrons. The minimum absolute atomic E-state index is 0.342. The summed E-state index contributed by atoms with van der Waals surface area (Å²) in [5.74, 6) is 0.910. The Bertz CT molecular complexity index is 743. The molecule has 2 aromatic carbocycles. The molecular weight excluding hydrogens is 336 g/mol. The topological polar surface area (TPSA) is 35.9 Å². The Hall–Kier alpha value is -1.88. The van der Waals surface area contributed by atoms with E-state index in [1.807, 2.05) is 12.1 Å². The molecule has 1 saturated heterocycles. The van der Waals surface area contributed by atoms with Gasteiger partial charge in [-0.2, -0.15) is 0 Å². The highest BCUT2D eigenvalue weighted by Gasteiger charge is 2.19. The van der Waals surface area contributed by atoms with E-state index in [9.17, 15) is 5.11 Å². The maximum atomic E-state index is 10.5. The molecule has 4 rings (SSSR count). The number of rotatable bonds is 7. The van der Waals surface area contributed by atoms with E-state index in [1.165, 1.54) is 42.6 Å². The molecule has 144 valence electrons. The summed E-state index contributed by atoms with van der Waals surface area (Å²) in [5.41, 5.74) is 4.04. The molecule has 0 aromatic heterocycles. The predicted molar refractivity (Wildman–Crippen MR) is 108 cm³/mol. The maximum absolute atomic E-state index is 10.5. The maximum Gasteiger partial charge on any atom is 0.123 e. The third kappa shape index (κ3) is 4.89. The van der Waals surface area contributed by atoms with E-state index in [4.69, 9.17) is 4.74 Å². The first-order valence-electron chi connectivity index (χ1n) is 10.2. The SMILES string of the molecule is O[C@H](COc1ccccc1CN1CCCC1)CN1CCc2ccccc2C1. The van der Waals surface area contributed by atoms with Crippen LogP contribution in [0.5, 0.6) is 5.75 Å². The van der Waals surface area contributed by atoms with E-state index in [-0.39, 0.29) is 0 Å². The quantitative estimate of drug-likeness (QED) is 0.817. The lowest BCUT2D eigenvalue weighted by Gasteiger charge is -2.30. The van der Waals surface area contributed by atoms with Gasteiger partial charge in [0, 0.05) is 31.7 Å². The number of nitrogens with zero attached hydrogens (tertiary/aromatic N) is 2. The molecule has 1 N–H and O–H groups in total. The van der Waals surface area contributed by atoms with Crippen LogP contribution < -0.4 is 4.74 Å². The fourth-order valence-electron chi connectivity index (χ4n) is 4.20. The van der Waals surface area contributed by atoms with Gasteiger partial charge in [-0.15, -0.1) is 0 Å². The van der Waals surface area contributed by atoms with Gasteiger partial charge >= 0.3 is 0 Å². The summed E-state index contributed by atoms with van der Waals surface area (Å²) < 4.78 is 6.02. The number of para-hydroxylation sites is 1. The van der Waals surface area contributed by atoms with Crippen LogP contribution >= 0.6 is 0 Å². The van der Waals surface area contributed by atoms with Gasteiger partial charge in [0.1, 0.15) is 18.5 Å². The number of hydrogen-bond acceptors (Lipinski definition) is 4. The largest absolute Gasteiger partial charge is 0.491 e. The summed E-state index contributed by atoms with van der Waals surface area (Å²) >= 11 is 0. The Morgan fingerprint density at radius 2 is 1.63 bits per heavy atom. The normalized spacial score (nSPS) is 19.0. The lowest BCUT2D eigenvalue weighted by Crippen LogP contribution is -2.38. The first-order valence-corrected chi connectivity index (χ1v) is 10.2. The van der Waals surface area contributed by atoms with Gasteiger partial charge in [0.2, 0.25) is 0 Å². The summed E-state index contributed by atoms with van der Waals surface area (Å²) in [5, 5.41) is 10.5. The Labute approximate surface area is 162 Å². The summed E-state index contributed by atoms with van der Waals surface area (Å²) in [6.45, 7) is 6.20. The van der Waals surface area contributed by atoms with Gasteiger partial charge in [-0.3, -0.25) is 9.80 Å². The average Bonchev–Trinajstić information content (AvgIpc) is 3.20. The molecular formula is C23H30N2O2. The van der Waals surface area contributed by atoms with Gasteiger partial charge in [-0.05, 0) is 49.5 Å². The van der Waals surface area contributed by atoms with E-state index in [0.29, 0.717) is 13.2 Å². The minimum atomic E-state index is -0.477. The van der Waals surface area contributed by atoms with Crippen molar-refractivity contribution in [1.82, 2.24) is 9.80 Å². The van der Waals surface area contributed by atoms with Crippen molar-refractivity contribution in [3.05, 3.63) is 65.2 Å². The van der Waals surface area contributed by atoms with E-state index >= 15 is 0 Å². The fourth-order valence-corrected chi connectivity index (χ4v) is 4.20. The number of aliphatic hydroxyl groups is 1. The summed E-state index contributed by atoms with van der Waals surface area (Å²) in [6.07, 6.45) is 3.17. The number of aliphatic hydroxyl groups excluding tert-OH is 1. The molecule has 0 bridgehead atoms. The van der Waals surface area contributed by atoms with E-state index in [1.54, 1.807) is 0 Å². The standard InChI is InChI=1S/C23H30N2O2/c26-22(17-25-14-11-19-7-1-2-8-20(19)15-25)18-27-23-10-4-3-9-21(23)16-24-12-5-6-13-24/h1-4,7-10,22,26H,5-6,11-18H2/t22-/m0/s1.